The Bertz CT molecular complexity index is 434. The van der Waals surface area contributed by atoms with Gasteiger partial charge in [-0.3, -0.25) is 0 Å². The van der Waals surface area contributed by atoms with Gasteiger partial charge in [-0.2, -0.15) is 0 Å². The number of hydrogen-bond donors (Lipinski definition) is 1. The molecular weight excluding hydrogens is 240 g/mol. The molecule has 1 aromatic rings. The highest BCUT2D eigenvalue weighted by Gasteiger charge is 2.21. The fourth-order valence-corrected chi connectivity index (χ4v) is 2.74. The van der Waals surface area contributed by atoms with Crippen molar-refractivity contribution in [3.05, 3.63) is 23.3 Å². The van der Waals surface area contributed by atoms with Crippen molar-refractivity contribution in [2.45, 2.75) is 19.4 Å². The third-order valence-corrected chi connectivity index (χ3v) is 3.96. The van der Waals surface area contributed by atoms with E-state index in [1.807, 2.05) is 13.0 Å². The molecule has 0 radical (unpaired) electrons. The van der Waals surface area contributed by atoms with Gasteiger partial charge in [-0.1, -0.05) is 6.07 Å². The van der Waals surface area contributed by atoms with E-state index in [0.29, 0.717) is 6.04 Å². The maximum atomic E-state index is 5.58. The minimum absolute atomic E-state index is 0.524. The molecular formula is C15H24N2O2. The number of rotatable bonds is 4. The van der Waals surface area contributed by atoms with Crippen molar-refractivity contribution in [1.29, 1.82) is 0 Å². The first kappa shape index (κ1) is 14.2. The van der Waals surface area contributed by atoms with Gasteiger partial charge in [0.25, 0.3) is 0 Å². The highest BCUT2D eigenvalue weighted by Crippen LogP contribution is 2.32. The van der Waals surface area contributed by atoms with Crippen molar-refractivity contribution in [2.24, 2.45) is 0 Å². The Kier molecular flexibility index (Phi) is 4.66. The van der Waals surface area contributed by atoms with Crippen LogP contribution in [0.15, 0.2) is 12.1 Å². The van der Waals surface area contributed by atoms with Crippen molar-refractivity contribution in [1.82, 2.24) is 10.2 Å². The van der Waals surface area contributed by atoms with Crippen LogP contribution in [0, 0.1) is 6.92 Å². The molecule has 4 heteroatoms. The predicted octanol–water partition coefficient (Wildman–Crippen LogP) is 1.46. The fraction of sp³-hybridized carbons (Fsp3) is 0.600. The smallest absolute Gasteiger partial charge is 0.128 e. The maximum Gasteiger partial charge on any atom is 0.128 e. The number of benzene rings is 1. The Morgan fingerprint density at radius 3 is 2.74 bits per heavy atom. The molecule has 1 fully saturated rings. The number of nitrogens with zero attached hydrogens (tertiary/aromatic N) is 1. The van der Waals surface area contributed by atoms with Crippen LogP contribution in [0.25, 0.3) is 0 Å². The zero-order chi connectivity index (χ0) is 13.8. The highest BCUT2D eigenvalue weighted by atomic mass is 16.5. The molecule has 1 aliphatic heterocycles. The van der Waals surface area contributed by atoms with Crippen LogP contribution in [-0.4, -0.2) is 51.8 Å². The van der Waals surface area contributed by atoms with E-state index in [0.717, 1.165) is 43.1 Å². The summed E-state index contributed by atoms with van der Waals surface area (Å²) in [4.78, 5) is 2.41. The molecule has 1 saturated heterocycles. The first-order valence-corrected chi connectivity index (χ1v) is 6.78. The van der Waals surface area contributed by atoms with E-state index in [4.69, 9.17) is 9.47 Å². The Hall–Kier alpha value is -1.26. The van der Waals surface area contributed by atoms with Crippen molar-refractivity contribution >= 4 is 0 Å². The summed E-state index contributed by atoms with van der Waals surface area (Å²) in [5.74, 6) is 1.84. The summed E-state index contributed by atoms with van der Waals surface area (Å²) in [5, 5.41) is 3.45. The number of piperazine rings is 1. The minimum atomic E-state index is 0.524. The fourth-order valence-electron chi connectivity index (χ4n) is 2.74. The molecule has 1 atom stereocenters. The Morgan fingerprint density at radius 1 is 1.32 bits per heavy atom. The summed E-state index contributed by atoms with van der Waals surface area (Å²) < 4.78 is 10.9. The number of likely N-dealkylation sites (N-methyl/N-ethyl adjacent to an activating group) is 1. The van der Waals surface area contributed by atoms with Crippen molar-refractivity contribution in [3.8, 4) is 11.5 Å². The highest BCUT2D eigenvalue weighted by molar-refractivity contribution is 5.49. The largest absolute Gasteiger partial charge is 0.496 e. The molecule has 0 spiro atoms. The van der Waals surface area contributed by atoms with Crippen LogP contribution in [0.5, 0.6) is 11.5 Å². The molecule has 4 nitrogen and oxygen atoms in total. The van der Waals surface area contributed by atoms with Crippen LogP contribution < -0.4 is 14.8 Å². The normalized spacial score (nSPS) is 20.3. The number of methoxy groups -OCH3 is 2. The average Bonchev–Trinajstić information content (AvgIpc) is 2.42. The van der Waals surface area contributed by atoms with Gasteiger partial charge >= 0.3 is 0 Å². The van der Waals surface area contributed by atoms with Crippen molar-refractivity contribution in [3.63, 3.8) is 0 Å². The Balaban J connectivity index is 2.22. The molecule has 1 N–H and O–H groups in total. The van der Waals surface area contributed by atoms with Gasteiger partial charge in [-0.05, 0) is 32.0 Å². The molecule has 0 aromatic heterocycles. The van der Waals surface area contributed by atoms with Gasteiger partial charge in [-0.25, -0.2) is 0 Å². The van der Waals surface area contributed by atoms with Crippen molar-refractivity contribution in [2.75, 3.05) is 40.9 Å². The molecule has 1 aliphatic rings. The van der Waals surface area contributed by atoms with E-state index in [1.165, 1.54) is 5.56 Å². The molecule has 0 amide bonds. The molecule has 19 heavy (non-hydrogen) atoms. The van der Waals surface area contributed by atoms with E-state index in [2.05, 4.69) is 23.3 Å². The first-order chi connectivity index (χ1) is 9.17. The summed E-state index contributed by atoms with van der Waals surface area (Å²) in [6.07, 6.45) is 0.998. The van der Waals surface area contributed by atoms with E-state index >= 15 is 0 Å². The van der Waals surface area contributed by atoms with Crippen LogP contribution >= 0.6 is 0 Å². The molecule has 0 saturated carbocycles. The van der Waals surface area contributed by atoms with Gasteiger partial charge in [0.1, 0.15) is 11.5 Å². The lowest BCUT2D eigenvalue weighted by molar-refractivity contribution is 0.198. The zero-order valence-corrected chi connectivity index (χ0v) is 12.3. The number of ether oxygens (including phenoxy) is 2. The third-order valence-electron chi connectivity index (χ3n) is 3.96. The topological polar surface area (TPSA) is 33.7 Å². The summed E-state index contributed by atoms with van der Waals surface area (Å²) in [6, 6.07) is 4.67. The summed E-state index contributed by atoms with van der Waals surface area (Å²) in [5.41, 5.74) is 2.33. The maximum absolute atomic E-state index is 5.58. The molecule has 1 heterocycles. The van der Waals surface area contributed by atoms with Gasteiger partial charge in [0, 0.05) is 31.2 Å². The van der Waals surface area contributed by atoms with Crippen LogP contribution in [0.2, 0.25) is 0 Å². The molecule has 1 unspecified atom stereocenters. The summed E-state index contributed by atoms with van der Waals surface area (Å²) in [7, 11) is 5.61. The second-order valence-electron chi connectivity index (χ2n) is 5.13. The summed E-state index contributed by atoms with van der Waals surface area (Å²) in [6.45, 7) is 5.25. The Morgan fingerprint density at radius 2 is 2.11 bits per heavy atom. The first-order valence-electron chi connectivity index (χ1n) is 6.78. The van der Waals surface area contributed by atoms with Gasteiger partial charge < -0.3 is 19.7 Å². The number of hydrogen-bond acceptors (Lipinski definition) is 4. The lowest BCUT2D eigenvalue weighted by Crippen LogP contribution is -2.50. The predicted molar refractivity (Wildman–Crippen MR) is 77.3 cm³/mol. The van der Waals surface area contributed by atoms with Gasteiger partial charge in [-0.15, -0.1) is 0 Å². The standard InChI is InChI=1S/C15H24N2O2/c1-11-14(18-3)6-5-12(15(11)19-4)9-13-10-16-7-8-17(13)2/h5-6,13,16H,7-10H2,1-4H3. The van der Waals surface area contributed by atoms with E-state index in [1.54, 1.807) is 14.2 Å². The van der Waals surface area contributed by atoms with Gasteiger partial charge in [0.15, 0.2) is 0 Å². The zero-order valence-electron chi connectivity index (χ0n) is 12.3. The second-order valence-corrected chi connectivity index (χ2v) is 5.13. The molecule has 2 rings (SSSR count). The van der Waals surface area contributed by atoms with E-state index < -0.39 is 0 Å². The van der Waals surface area contributed by atoms with Crippen LogP contribution in [0.3, 0.4) is 0 Å². The summed E-state index contributed by atoms with van der Waals surface area (Å²) >= 11 is 0. The second kappa shape index (κ2) is 6.26. The monoisotopic (exact) mass is 264 g/mol. The minimum Gasteiger partial charge on any atom is -0.496 e. The van der Waals surface area contributed by atoms with Crippen LogP contribution in [0.4, 0.5) is 0 Å². The SMILES string of the molecule is COc1ccc(CC2CNCCN2C)c(OC)c1C. The lowest BCUT2D eigenvalue weighted by atomic mass is 9.99. The van der Waals surface area contributed by atoms with E-state index in [-0.39, 0.29) is 0 Å². The van der Waals surface area contributed by atoms with E-state index in [9.17, 15) is 0 Å². The van der Waals surface area contributed by atoms with Gasteiger partial charge in [0.2, 0.25) is 0 Å². The average molecular weight is 264 g/mol. The van der Waals surface area contributed by atoms with Crippen molar-refractivity contribution < 1.29 is 9.47 Å². The third kappa shape index (κ3) is 3.01. The van der Waals surface area contributed by atoms with Crippen LogP contribution in [0.1, 0.15) is 11.1 Å². The molecule has 106 valence electrons. The molecule has 1 aromatic carbocycles. The number of nitrogens with one attached hydrogen (secondary N) is 1. The lowest BCUT2D eigenvalue weighted by Gasteiger charge is -2.33. The van der Waals surface area contributed by atoms with Crippen LogP contribution in [-0.2, 0) is 6.42 Å². The van der Waals surface area contributed by atoms with Gasteiger partial charge in [0.05, 0.1) is 14.2 Å². The quantitative estimate of drug-likeness (QED) is 0.892. The Labute approximate surface area is 115 Å². The molecule has 0 bridgehead atoms. The molecule has 0 aliphatic carbocycles.